The molecule has 0 bridgehead atoms. The lowest BCUT2D eigenvalue weighted by molar-refractivity contribution is -0.111. The van der Waals surface area contributed by atoms with Crippen LogP contribution in [0.4, 0.5) is 11.4 Å². The van der Waals surface area contributed by atoms with Crippen molar-refractivity contribution in [1.29, 1.82) is 0 Å². The number of amides is 1. The zero-order valence-electron chi connectivity index (χ0n) is 22.8. The van der Waals surface area contributed by atoms with Crippen LogP contribution in [0.25, 0.3) is 6.08 Å². The van der Waals surface area contributed by atoms with Crippen LogP contribution in [0.1, 0.15) is 16.7 Å². The predicted octanol–water partition coefficient (Wildman–Crippen LogP) is 6.19. The number of methoxy groups -OCH3 is 1. The molecule has 12 heteroatoms. The van der Waals surface area contributed by atoms with E-state index in [1.165, 1.54) is 67.8 Å². The number of hydrogen-bond donors (Lipinski definition) is 2. The van der Waals surface area contributed by atoms with Gasteiger partial charge < -0.3 is 14.2 Å². The number of aryl methyl sites for hydroxylation is 2. The van der Waals surface area contributed by atoms with E-state index in [-0.39, 0.29) is 27.0 Å². The van der Waals surface area contributed by atoms with Gasteiger partial charge in [0.05, 0.1) is 12.0 Å². The summed E-state index contributed by atoms with van der Waals surface area (Å²) in [5, 5.41) is 3.10. The highest BCUT2D eigenvalue weighted by Gasteiger charge is 2.22. The molecule has 0 aliphatic heterocycles. The summed E-state index contributed by atoms with van der Waals surface area (Å²) < 4.78 is 64.6. The van der Waals surface area contributed by atoms with Crippen molar-refractivity contribution < 1.29 is 30.6 Å². The lowest BCUT2D eigenvalue weighted by Gasteiger charge is -2.13. The van der Waals surface area contributed by atoms with Gasteiger partial charge in [0.1, 0.15) is 4.90 Å². The molecule has 4 rings (SSSR count). The molecule has 0 radical (unpaired) electrons. The van der Waals surface area contributed by atoms with Crippen LogP contribution < -0.4 is 19.0 Å². The minimum absolute atomic E-state index is 0.00904. The van der Waals surface area contributed by atoms with E-state index in [9.17, 15) is 21.6 Å². The van der Waals surface area contributed by atoms with Crippen LogP contribution in [0.2, 0.25) is 5.02 Å². The molecule has 0 saturated carbocycles. The molecule has 0 heterocycles. The number of anilines is 2. The molecule has 0 atom stereocenters. The first-order valence-corrected chi connectivity index (χ1v) is 15.7. The minimum atomic E-state index is -4.12. The Morgan fingerprint density at radius 2 is 1.57 bits per heavy atom. The maximum absolute atomic E-state index is 12.9. The highest BCUT2D eigenvalue weighted by molar-refractivity contribution is 7.92. The summed E-state index contributed by atoms with van der Waals surface area (Å²) in [5.74, 6) is -0.380. The van der Waals surface area contributed by atoms with Crippen molar-refractivity contribution in [2.24, 2.45) is 0 Å². The molecule has 42 heavy (non-hydrogen) atoms. The first-order chi connectivity index (χ1) is 19.9. The van der Waals surface area contributed by atoms with Gasteiger partial charge >= 0.3 is 10.1 Å². The van der Waals surface area contributed by atoms with Gasteiger partial charge in [0.2, 0.25) is 5.91 Å². The summed E-state index contributed by atoms with van der Waals surface area (Å²) in [4.78, 5) is 12.6. The molecule has 0 aliphatic carbocycles. The van der Waals surface area contributed by atoms with Crippen LogP contribution in [-0.2, 0) is 24.9 Å². The van der Waals surface area contributed by atoms with E-state index in [0.29, 0.717) is 21.8 Å². The van der Waals surface area contributed by atoms with Gasteiger partial charge in [-0.05, 0) is 97.3 Å². The third-order valence-corrected chi connectivity index (χ3v) is 8.94. The van der Waals surface area contributed by atoms with Crippen LogP contribution in [0.5, 0.6) is 11.5 Å². The third-order valence-electron chi connectivity index (χ3n) is 5.94. The quantitative estimate of drug-likeness (QED) is 0.159. The highest BCUT2D eigenvalue weighted by Crippen LogP contribution is 2.32. The Kier molecular flexibility index (Phi) is 9.25. The summed E-state index contributed by atoms with van der Waals surface area (Å²) in [6, 6.07) is 21.6. The molecule has 218 valence electrons. The molecule has 0 aromatic heterocycles. The van der Waals surface area contributed by atoms with Crippen molar-refractivity contribution in [2.75, 3.05) is 17.1 Å². The van der Waals surface area contributed by atoms with Crippen molar-refractivity contribution in [2.45, 2.75) is 23.6 Å². The Bertz CT molecular complexity index is 1870. The summed E-state index contributed by atoms with van der Waals surface area (Å²) in [7, 11) is -6.67. The van der Waals surface area contributed by atoms with Crippen molar-refractivity contribution in [1.82, 2.24) is 0 Å². The largest absolute Gasteiger partial charge is 0.493 e. The smallest absolute Gasteiger partial charge is 0.339 e. The van der Waals surface area contributed by atoms with E-state index in [1.807, 2.05) is 6.07 Å². The van der Waals surface area contributed by atoms with Crippen LogP contribution in [0, 0.1) is 13.8 Å². The van der Waals surface area contributed by atoms with Gasteiger partial charge in [0, 0.05) is 22.5 Å². The van der Waals surface area contributed by atoms with Gasteiger partial charge in [0.25, 0.3) is 10.0 Å². The number of benzene rings is 4. The minimum Gasteiger partial charge on any atom is -0.493 e. The first kappa shape index (κ1) is 30.6. The van der Waals surface area contributed by atoms with Crippen LogP contribution in [0.15, 0.2) is 101 Å². The van der Waals surface area contributed by atoms with E-state index < -0.39 is 26.0 Å². The van der Waals surface area contributed by atoms with E-state index in [0.717, 1.165) is 5.56 Å². The summed E-state index contributed by atoms with van der Waals surface area (Å²) in [6.45, 7) is 3.47. The molecular formula is C30H27ClN2O7S2. The molecule has 0 aliphatic rings. The Labute approximate surface area is 249 Å². The van der Waals surface area contributed by atoms with E-state index in [4.69, 9.17) is 20.5 Å². The van der Waals surface area contributed by atoms with Crippen molar-refractivity contribution in [3.05, 3.63) is 113 Å². The molecule has 4 aromatic carbocycles. The normalized spacial score (nSPS) is 11.7. The fourth-order valence-corrected chi connectivity index (χ4v) is 6.31. The van der Waals surface area contributed by atoms with E-state index >= 15 is 0 Å². The van der Waals surface area contributed by atoms with Gasteiger partial charge in [-0.3, -0.25) is 9.52 Å². The zero-order chi connectivity index (χ0) is 30.5. The fourth-order valence-electron chi connectivity index (χ4n) is 3.83. The molecule has 0 unspecified atom stereocenters. The monoisotopic (exact) mass is 626 g/mol. The summed E-state index contributed by atoms with van der Waals surface area (Å²) in [6.07, 6.45) is 2.73. The Morgan fingerprint density at radius 3 is 2.29 bits per heavy atom. The number of ether oxygens (including phenoxy) is 1. The summed E-state index contributed by atoms with van der Waals surface area (Å²) in [5.41, 5.74) is 2.46. The standard InChI is InChI=1S/C30H27ClN2O7S2/c1-20-7-8-21(2)29(17-20)42(37,38)40-27-15-9-22(18-28(27)39-3)10-16-30(34)32-25-5-4-6-26(19-25)41(35,36)33-24-13-11-23(31)12-14-24/h4-19,33H,1-3H3,(H,32,34). The second-order valence-corrected chi connectivity index (χ2v) is 12.8. The first-order valence-electron chi connectivity index (χ1n) is 12.4. The van der Waals surface area contributed by atoms with Gasteiger partial charge in [-0.2, -0.15) is 8.42 Å². The molecule has 4 aromatic rings. The highest BCUT2D eigenvalue weighted by atomic mass is 35.5. The molecule has 1 amide bonds. The second-order valence-electron chi connectivity index (χ2n) is 9.18. The number of hydrogen-bond acceptors (Lipinski definition) is 7. The SMILES string of the molecule is COc1cc(C=CC(=O)Nc2cccc(S(=O)(=O)Nc3ccc(Cl)cc3)c2)ccc1OS(=O)(=O)c1cc(C)ccc1C. The number of rotatable bonds is 10. The van der Waals surface area contributed by atoms with Crippen LogP contribution in [0.3, 0.4) is 0 Å². The Morgan fingerprint density at radius 1 is 0.833 bits per heavy atom. The molecule has 0 fully saturated rings. The number of carbonyl (C=O) groups is 1. The van der Waals surface area contributed by atoms with Gasteiger partial charge in [0.15, 0.2) is 11.5 Å². The number of nitrogens with one attached hydrogen (secondary N) is 2. The molecule has 2 N–H and O–H groups in total. The zero-order valence-corrected chi connectivity index (χ0v) is 25.2. The molecule has 0 spiro atoms. The maximum atomic E-state index is 12.9. The van der Waals surface area contributed by atoms with Gasteiger partial charge in [-0.1, -0.05) is 35.9 Å². The number of carbonyl (C=O) groups excluding carboxylic acids is 1. The third kappa shape index (κ3) is 7.69. The van der Waals surface area contributed by atoms with Crippen LogP contribution in [-0.4, -0.2) is 29.9 Å². The average molecular weight is 627 g/mol. The average Bonchev–Trinajstić information content (AvgIpc) is 2.95. The van der Waals surface area contributed by atoms with Crippen molar-refractivity contribution in [3.8, 4) is 11.5 Å². The topological polar surface area (TPSA) is 128 Å². The maximum Gasteiger partial charge on any atom is 0.339 e. The number of halogens is 1. The predicted molar refractivity (Wildman–Crippen MR) is 163 cm³/mol. The fraction of sp³-hybridized carbons (Fsp3) is 0.100. The second kappa shape index (κ2) is 12.7. The van der Waals surface area contributed by atoms with Crippen molar-refractivity contribution in [3.63, 3.8) is 0 Å². The van der Waals surface area contributed by atoms with Gasteiger partial charge in [-0.25, -0.2) is 8.42 Å². The van der Waals surface area contributed by atoms with Crippen molar-refractivity contribution >= 4 is 55.1 Å². The summed E-state index contributed by atoms with van der Waals surface area (Å²) >= 11 is 5.85. The van der Waals surface area contributed by atoms with E-state index in [1.54, 1.807) is 44.2 Å². The van der Waals surface area contributed by atoms with E-state index in [2.05, 4.69) is 10.0 Å². The lowest BCUT2D eigenvalue weighted by atomic mass is 10.2. The Hall–Kier alpha value is -4.32. The lowest BCUT2D eigenvalue weighted by Crippen LogP contribution is -2.14. The number of sulfonamides is 1. The van der Waals surface area contributed by atoms with Crippen LogP contribution >= 0.6 is 11.6 Å². The Balaban J connectivity index is 1.45. The molecule has 9 nitrogen and oxygen atoms in total. The molecule has 0 saturated heterocycles. The van der Waals surface area contributed by atoms with Gasteiger partial charge in [-0.15, -0.1) is 0 Å². The molecular weight excluding hydrogens is 600 g/mol.